The molecule has 1 unspecified atom stereocenters. The Labute approximate surface area is 108 Å². The third-order valence-electron chi connectivity index (χ3n) is 3.60. The maximum absolute atomic E-state index is 10.2. The van der Waals surface area contributed by atoms with Crippen molar-refractivity contribution < 1.29 is 9.84 Å². The molecule has 1 atom stereocenters. The zero-order valence-corrected chi connectivity index (χ0v) is 10.9. The first-order valence-corrected chi connectivity index (χ1v) is 6.48. The number of benzene rings is 1. The number of nitrogens with two attached hydrogens (primary N) is 1. The summed E-state index contributed by atoms with van der Waals surface area (Å²) in [7, 11) is 2.07. The summed E-state index contributed by atoms with van der Waals surface area (Å²) < 4.78 is 5.35. The molecule has 0 bridgehead atoms. The van der Waals surface area contributed by atoms with E-state index in [9.17, 15) is 5.11 Å². The molecule has 1 aliphatic heterocycles. The third-order valence-corrected chi connectivity index (χ3v) is 3.60. The molecule has 1 heterocycles. The van der Waals surface area contributed by atoms with Gasteiger partial charge in [0.15, 0.2) is 0 Å². The summed E-state index contributed by atoms with van der Waals surface area (Å²) in [6.45, 7) is 2.30. The SMILES string of the molecule is CN(CC(O)c1ccc(N)cc1)C1CCOCC1. The van der Waals surface area contributed by atoms with Gasteiger partial charge in [-0.15, -0.1) is 0 Å². The molecule has 4 heteroatoms. The average Bonchev–Trinajstić information content (AvgIpc) is 2.40. The van der Waals surface area contributed by atoms with E-state index in [1.165, 1.54) is 0 Å². The van der Waals surface area contributed by atoms with Gasteiger partial charge in [0.1, 0.15) is 0 Å². The molecule has 0 aromatic heterocycles. The van der Waals surface area contributed by atoms with Crippen molar-refractivity contribution in [2.24, 2.45) is 0 Å². The zero-order valence-electron chi connectivity index (χ0n) is 10.9. The summed E-state index contributed by atoms with van der Waals surface area (Å²) in [6, 6.07) is 7.94. The highest BCUT2D eigenvalue weighted by molar-refractivity contribution is 5.39. The highest BCUT2D eigenvalue weighted by atomic mass is 16.5. The van der Waals surface area contributed by atoms with Gasteiger partial charge in [-0.2, -0.15) is 0 Å². The normalized spacial score (nSPS) is 19.1. The fraction of sp³-hybridized carbons (Fsp3) is 0.571. The number of nitrogens with zero attached hydrogens (tertiary/aromatic N) is 1. The molecule has 0 radical (unpaired) electrons. The van der Waals surface area contributed by atoms with Crippen LogP contribution in [0.2, 0.25) is 0 Å². The van der Waals surface area contributed by atoms with E-state index in [0.717, 1.165) is 37.3 Å². The van der Waals surface area contributed by atoms with Crippen LogP contribution in [0.1, 0.15) is 24.5 Å². The number of nitrogen functional groups attached to an aromatic ring is 1. The molecule has 1 aliphatic rings. The van der Waals surface area contributed by atoms with Crippen molar-refractivity contribution in [1.29, 1.82) is 0 Å². The van der Waals surface area contributed by atoms with E-state index < -0.39 is 6.10 Å². The standard InChI is InChI=1S/C14H22N2O2/c1-16(13-6-8-18-9-7-13)10-14(17)11-2-4-12(15)5-3-11/h2-5,13-14,17H,6-10,15H2,1H3. The van der Waals surface area contributed by atoms with E-state index in [4.69, 9.17) is 10.5 Å². The Morgan fingerprint density at radius 2 is 1.94 bits per heavy atom. The highest BCUT2D eigenvalue weighted by Crippen LogP contribution is 2.19. The fourth-order valence-electron chi connectivity index (χ4n) is 2.37. The largest absolute Gasteiger partial charge is 0.399 e. The molecule has 0 saturated carbocycles. The molecular weight excluding hydrogens is 228 g/mol. The second kappa shape index (κ2) is 6.18. The number of aliphatic hydroxyl groups is 1. The van der Waals surface area contributed by atoms with Crippen molar-refractivity contribution in [3.05, 3.63) is 29.8 Å². The van der Waals surface area contributed by atoms with E-state index in [1.807, 2.05) is 24.3 Å². The lowest BCUT2D eigenvalue weighted by molar-refractivity contribution is 0.0253. The van der Waals surface area contributed by atoms with Crippen LogP contribution in [-0.4, -0.2) is 42.9 Å². The summed E-state index contributed by atoms with van der Waals surface area (Å²) in [4.78, 5) is 2.23. The van der Waals surface area contributed by atoms with E-state index in [2.05, 4.69) is 11.9 Å². The van der Waals surface area contributed by atoms with E-state index in [1.54, 1.807) is 0 Å². The van der Waals surface area contributed by atoms with Crippen LogP contribution >= 0.6 is 0 Å². The highest BCUT2D eigenvalue weighted by Gasteiger charge is 2.20. The first-order valence-electron chi connectivity index (χ1n) is 6.48. The average molecular weight is 250 g/mol. The van der Waals surface area contributed by atoms with Crippen molar-refractivity contribution in [2.45, 2.75) is 25.0 Å². The molecule has 0 amide bonds. The Balaban J connectivity index is 1.89. The molecule has 18 heavy (non-hydrogen) atoms. The topological polar surface area (TPSA) is 58.7 Å². The van der Waals surface area contributed by atoms with E-state index >= 15 is 0 Å². The van der Waals surface area contributed by atoms with Crippen molar-refractivity contribution in [2.75, 3.05) is 32.5 Å². The number of ether oxygens (including phenoxy) is 1. The monoisotopic (exact) mass is 250 g/mol. The number of rotatable bonds is 4. The van der Waals surface area contributed by atoms with Crippen molar-refractivity contribution >= 4 is 5.69 Å². The van der Waals surface area contributed by atoms with Crippen LogP contribution in [0.4, 0.5) is 5.69 Å². The van der Waals surface area contributed by atoms with Crippen LogP contribution < -0.4 is 5.73 Å². The van der Waals surface area contributed by atoms with Crippen LogP contribution in [0.15, 0.2) is 24.3 Å². The molecule has 1 fully saturated rings. The van der Waals surface area contributed by atoms with Gasteiger partial charge in [-0.25, -0.2) is 0 Å². The number of hydrogen-bond acceptors (Lipinski definition) is 4. The lowest BCUT2D eigenvalue weighted by atomic mass is 10.0. The first-order chi connectivity index (χ1) is 8.66. The molecule has 3 N–H and O–H groups in total. The zero-order chi connectivity index (χ0) is 13.0. The Hall–Kier alpha value is -1.10. The number of aliphatic hydroxyl groups excluding tert-OH is 1. The lowest BCUT2D eigenvalue weighted by Crippen LogP contribution is -2.38. The third kappa shape index (κ3) is 3.45. The van der Waals surface area contributed by atoms with Crippen LogP contribution in [0, 0.1) is 0 Å². The van der Waals surface area contributed by atoms with Crippen molar-refractivity contribution in [3.8, 4) is 0 Å². The van der Waals surface area contributed by atoms with Gasteiger partial charge in [0.05, 0.1) is 6.10 Å². The number of anilines is 1. The van der Waals surface area contributed by atoms with Crippen LogP contribution in [0.3, 0.4) is 0 Å². The fourth-order valence-corrected chi connectivity index (χ4v) is 2.37. The summed E-state index contributed by atoms with van der Waals surface area (Å²) in [5.74, 6) is 0. The van der Waals surface area contributed by atoms with Gasteiger partial charge in [-0.1, -0.05) is 12.1 Å². The van der Waals surface area contributed by atoms with Gasteiger partial charge in [0.2, 0.25) is 0 Å². The Kier molecular flexibility index (Phi) is 4.58. The van der Waals surface area contributed by atoms with Gasteiger partial charge in [0, 0.05) is 31.5 Å². The molecule has 1 aromatic carbocycles. The van der Waals surface area contributed by atoms with Gasteiger partial charge in [0.25, 0.3) is 0 Å². The molecular formula is C14H22N2O2. The predicted octanol–water partition coefficient (Wildman–Crippen LogP) is 1.41. The van der Waals surface area contributed by atoms with Gasteiger partial charge in [-0.3, -0.25) is 0 Å². The molecule has 1 aromatic rings. The van der Waals surface area contributed by atoms with Gasteiger partial charge < -0.3 is 20.5 Å². The molecule has 1 saturated heterocycles. The van der Waals surface area contributed by atoms with E-state index in [0.29, 0.717) is 12.6 Å². The molecule has 100 valence electrons. The summed E-state index contributed by atoms with van der Waals surface area (Å²) >= 11 is 0. The van der Waals surface area contributed by atoms with Crippen LogP contribution in [0.25, 0.3) is 0 Å². The molecule has 0 spiro atoms. The maximum atomic E-state index is 10.2. The second-order valence-electron chi connectivity index (χ2n) is 4.97. The first kappa shape index (κ1) is 13.3. The molecule has 4 nitrogen and oxygen atoms in total. The lowest BCUT2D eigenvalue weighted by Gasteiger charge is -2.32. The number of likely N-dealkylation sites (N-methyl/N-ethyl adjacent to an activating group) is 1. The summed E-state index contributed by atoms with van der Waals surface area (Å²) in [5, 5.41) is 10.2. The second-order valence-corrected chi connectivity index (χ2v) is 4.97. The minimum absolute atomic E-state index is 0.460. The molecule has 0 aliphatic carbocycles. The van der Waals surface area contributed by atoms with Crippen LogP contribution in [-0.2, 0) is 4.74 Å². The van der Waals surface area contributed by atoms with Crippen molar-refractivity contribution in [1.82, 2.24) is 4.90 Å². The number of hydrogen-bond donors (Lipinski definition) is 2. The van der Waals surface area contributed by atoms with Gasteiger partial charge >= 0.3 is 0 Å². The minimum atomic E-state index is -0.460. The Bertz CT molecular complexity index is 361. The minimum Gasteiger partial charge on any atom is -0.399 e. The smallest absolute Gasteiger partial charge is 0.0916 e. The van der Waals surface area contributed by atoms with Crippen LogP contribution in [0.5, 0.6) is 0 Å². The predicted molar refractivity (Wildman–Crippen MR) is 72.3 cm³/mol. The quantitative estimate of drug-likeness (QED) is 0.793. The summed E-state index contributed by atoms with van der Waals surface area (Å²) in [6.07, 6.45) is 1.63. The van der Waals surface area contributed by atoms with Gasteiger partial charge in [-0.05, 0) is 37.6 Å². The molecule has 2 rings (SSSR count). The van der Waals surface area contributed by atoms with Crippen molar-refractivity contribution in [3.63, 3.8) is 0 Å². The summed E-state index contributed by atoms with van der Waals surface area (Å²) in [5.41, 5.74) is 7.28. The van der Waals surface area contributed by atoms with E-state index in [-0.39, 0.29) is 0 Å². The Morgan fingerprint density at radius 1 is 1.33 bits per heavy atom. The maximum Gasteiger partial charge on any atom is 0.0916 e. The Morgan fingerprint density at radius 3 is 2.56 bits per heavy atom.